The number of halogens is 3. The number of aromatic amines is 1. The monoisotopic (exact) mass is 402 g/mol. The number of alkyl halides is 3. The number of hydrogen-bond acceptors (Lipinski definition) is 4. The van der Waals surface area contributed by atoms with E-state index in [-0.39, 0.29) is 22.7 Å². The fourth-order valence-corrected chi connectivity index (χ4v) is 3.63. The Morgan fingerprint density at radius 3 is 2.66 bits per heavy atom. The molecule has 0 saturated carbocycles. The summed E-state index contributed by atoms with van der Waals surface area (Å²) in [6.07, 6.45) is -0.0769. The zero-order valence-electron chi connectivity index (χ0n) is 15.2. The number of nitrogens with one attached hydrogen (secondary N) is 1. The number of piperidine rings is 1. The molecule has 1 aliphatic rings. The first kappa shape index (κ1) is 19.1. The van der Waals surface area contributed by atoms with Crippen LogP contribution in [0.15, 0.2) is 47.5 Å². The van der Waals surface area contributed by atoms with Gasteiger partial charge < -0.3 is 9.88 Å². The van der Waals surface area contributed by atoms with E-state index < -0.39 is 17.4 Å². The van der Waals surface area contributed by atoms with Gasteiger partial charge in [-0.3, -0.25) is 14.6 Å². The predicted octanol–water partition coefficient (Wildman–Crippen LogP) is 3.36. The number of likely N-dealkylation sites (tertiary alicyclic amines) is 1. The van der Waals surface area contributed by atoms with Crippen molar-refractivity contribution in [1.82, 2.24) is 19.9 Å². The third kappa shape index (κ3) is 3.85. The van der Waals surface area contributed by atoms with E-state index in [1.54, 1.807) is 29.4 Å². The summed E-state index contributed by atoms with van der Waals surface area (Å²) in [5, 5.41) is 0.0993. The normalized spacial score (nSPS) is 17.5. The van der Waals surface area contributed by atoms with Crippen molar-refractivity contribution in [2.75, 3.05) is 13.1 Å². The second-order valence-electron chi connectivity index (χ2n) is 7.01. The molecule has 1 atom stereocenters. The van der Waals surface area contributed by atoms with Crippen molar-refractivity contribution in [3.63, 3.8) is 0 Å². The van der Waals surface area contributed by atoms with Crippen LogP contribution < -0.4 is 5.56 Å². The summed E-state index contributed by atoms with van der Waals surface area (Å²) in [6.45, 7) is 0.938. The second-order valence-corrected chi connectivity index (χ2v) is 7.01. The van der Waals surface area contributed by atoms with Gasteiger partial charge in [-0.25, -0.2) is 4.98 Å². The van der Waals surface area contributed by atoms with Crippen molar-refractivity contribution >= 4 is 16.8 Å². The van der Waals surface area contributed by atoms with Gasteiger partial charge in [0.2, 0.25) is 0 Å². The smallest absolute Gasteiger partial charge is 0.338 e. The lowest BCUT2D eigenvalue weighted by atomic mass is 9.93. The van der Waals surface area contributed by atoms with E-state index in [0.29, 0.717) is 30.8 Å². The van der Waals surface area contributed by atoms with Crippen LogP contribution in [0, 0.1) is 0 Å². The van der Waals surface area contributed by atoms with Crippen LogP contribution >= 0.6 is 0 Å². The van der Waals surface area contributed by atoms with Crippen LogP contribution in [0.5, 0.6) is 0 Å². The summed E-state index contributed by atoms with van der Waals surface area (Å²) in [7, 11) is 0. The minimum absolute atomic E-state index is 0.00356. The van der Waals surface area contributed by atoms with Gasteiger partial charge in [0, 0.05) is 42.7 Å². The van der Waals surface area contributed by atoms with E-state index in [1.165, 1.54) is 6.07 Å². The van der Waals surface area contributed by atoms with E-state index in [4.69, 9.17) is 0 Å². The Morgan fingerprint density at radius 2 is 1.93 bits per heavy atom. The first-order valence-corrected chi connectivity index (χ1v) is 9.13. The predicted molar refractivity (Wildman–Crippen MR) is 99.5 cm³/mol. The number of fused-ring (bicyclic) bond motifs is 1. The highest BCUT2D eigenvalue weighted by atomic mass is 19.4. The number of amides is 1. The van der Waals surface area contributed by atoms with Gasteiger partial charge in [0.05, 0.1) is 10.9 Å². The van der Waals surface area contributed by atoms with Gasteiger partial charge in [0.1, 0.15) is 5.69 Å². The fraction of sp³-hybridized carbons (Fsp3) is 0.300. The van der Waals surface area contributed by atoms with Gasteiger partial charge in [-0.2, -0.15) is 13.2 Å². The number of hydrogen-bond donors (Lipinski definition) is 1. The average molecular weight is 402 g/mol. The molecular formula is C20H17F3N4O2. The van der Waals surface area contributed by atoms with Gasteiger partial charge >= 0.3 is 6.18 Å². The molecule has 29 heavy (non-hydrogen) atoms. The number of nitrogens with zero attached hydrogens (tertiary/aromatic N) is 3. The van der Waals surface area contributed by atoms with Gasteiger partial charge in [-0.05, 0) is 43.2 Å². The highest BCUT2D eigenvalue weighted by Gasteiger charge is 2.33. The molecule has 3 aromatic heterocycles. The molecule has 150 valence electrons. The van der Waals surface area contributed by atoms with E-state index in [2.05, 4.69) is 15.0 Å². The van der Waals surface area contributed by atoms with E-state index in [1.807, 2.05) is 0 Å². The summed E-state index contributed by atoms with van der Waals surface area (Å²) in [4.78, 5) is 37.0. The lowest BCUT2D eigenvalue weighted by molar-refractivity contribution is -0.140. The molecule has 1 N–H and O–H groups in total. The van der Waals surface area contributed by atoms with Gasteiger partial charge in [-0.15, -0.1) is 0 Å². The van der Waals surface area contributed by atoms with Gasteiger partial charge in [0.25, 0.3) is 11.5 Å². The highest BCUT2D eigenvalue weighted by molar-refractivity contribution is 5.94. The SMILES string of the molecule is O=C(c1ccncc1)N1CCCC(c2cc3nc(C(F)(F)F)ccc3c(=O)[nH]2)C1. The largest absolute Gasteiger partial charge is 0.433 e. The number of H-pyrrole nitrogens is 1. The van der Waals surface area contributed by atoms with Crippen LogP contribution in [0.25, 0.3) is 10.9 Å². The molecule has 4 heterocycles. The van der Waals surface area contributed by atoms with Gasteiger partial charge in [-0.1, -0.05) is 0 Å². The first-order chi connectivity index (χ1) is 13.8. The zero-order chi connectivity index (χ0) is 20.6. The zero-order valence-corrected chi connectivity index (χ0v) is 15.2. The topological polar surface area (TPSA) is 79.0 Å². The molecule has 0 spiro atoms. The van der Waals surface area contributed by atoms with Crippen LogP contribution in [-0.4, -0.2) is 38.8 Å². The molecule has 0 aliphatic carbocycles. The molecule has 1 fully saturated rings. The Kier molecular flexibility index (Phi) is 4.81. The van der Waals surface area contributed by atoms with Gasteiger partial charge in [0.15, 0.2) is 0 Å². The molecule has 0 bridgehead atoms. The Morgan fingerprint density at radius 1 is 1.17 bits per heavy atom. The maximum Gasteiger partial charge on any atom is 0.433 e. The summed E-state index contributed by atoms with van der Waals surface area (Å²) >= 11 is 0. The number of pyridine rings is 3. The van der Waals surface area contributed by atoms with Crippen LogP contribution in [0.1, 0.15) is 40.5 Å². The molecule has 0 radical (unpaired) electrons. The standard InChI is InChI=1S/C20H17F3N4O2/c21-20(22,23)17-4-3-14-16(25-17)10-15(26-18(14)28)13-2-1-9-27(11-13)19(29)12-5-7-24-8-6-12/h3-8,10,13H,1-2,9,11H2,(H,26,28). The quantitative estimate of drug-likeness (QED) is 0.713. The molecule has 1 amide bonds. The second kappa shape index (κ2) is 7.31. The molecule has 1 unspecified atom stereocenters. The van der Waals surface area contributed by atoms with E-state index in [0.717, 1.165) is 18.6 Å². The molecular weight excluding hydrogens is 385 g/mol. The number of carbonyl (C=O) groups is 1. The number of rotatable bonds is 2. The summed E-state index contributed by atoms with van der Waals surface area (Å²) in [6, 6.07) is 6.68. The third-order valence-electron chi connectivity index (χ3n) is 5.09. The Bertz CT molecular complexity index is 1110. The van der Waals surface area contributed by atoms with Crippen LogP contribution in [0.2, 0.25) is 0 Å². The number of carbonyl (C=O) groups excluding carboxylic acids is 1. The number of aromatic nitrogens is 3. The summed E-state index contributed by atoms with van der Waals surface area (Å²) in [5.74, 6) is -0.333. The van der Waals surface area contributed by atoms with Crippen molar-refractivity contribution < 1.29 is 18.0 Å². The van der Waals surface area contributed by atoms with Crippen molar-refractivity contribution in [3.05, 3.63) is 70.0 Å². The lowest BCUT2D eigenvalue weighted by Gasteiger charge is -2.33. The Hall–Kier alpha value is -3.23. The van der Waals surface area contributed by atoms with E-state index >= 15 is 0 Å². The Balaban J connectivity index is 1.65. The fourth-order valence-electron chi connectivity index (χ4n) is 3.63. The molecule has 1 aliphatic heterocycles. The summed E-state index contributed by atoms with van der Waals surface area (Å²) in [5.41, 5.74) is -0.530. The van der Waals surface area contributed by atoms with Crippen molar-refractivity contribution in [2.45, 2.75) is 24.9 Å². The minimum Gasteiger partial charge on any atom is -0.338 e. The van der Waals surface area contributed by atoms with Crippen LogP contribution in [-0.2, 0) is 6.18 Å². The van der Waals surface area contributed by atoms with Crippen LogP contribution in [0.4, 0.5) is 13.2 Å². The maximum absolute atomic E-state index is 13.0. The minimum atomic E-state index is -4.59. The first-order valence-electron chi connectivity index (χ1n) is 9.13. The third-order valence-corrected chi connectivity index (χ3v) is 5.09. The lowest BCUT2D eigenvalue weighted by Crippen LogP contribution is -2.39. The molecule has 4 rings (SSSR count). The van der Waals surface area contributed by atoms with Crippen molar-refractivity contribution in [1.29, 1.82) is 0 Å². The van der Waals surface area contributed by atoms with E-state index in [9.17, 15) is 22.8 Å². The van der Waals surface area contributed by atoms with Crippen molar-refractivity contribution in [2.24, 2.45) is 0 Å². The molecule has 1 saturated heterocycles. The molecule has 9 heteroatoms. The molecule has 3 aromatic rings. The van der Waals surface area contributed by atoms with Crippen LogP contribution in [0.3, 0.4) is 0 Å². The van der Waals surface area contributed by atoms with Crippen molar-refractivity contribution in [3.8, 4) is 0 Å². The summed E-state index contributed by atoms with van der Waals surface area (Å²) < 4.78 is 38.9. The average Bonchev–Trinajstić information content (AvgIpc) is 2.73. The molecule has 0 aromatic carbocycles. The highest BCUT2D eigenvalue weighted by Crippen LogP contribution is 2.30. The molecule has 6 nitrogen and oxygen atoms in total. The Labute approximate surface area is 163 Å². The maximum atomic E-state index is 13.0.